The van der Waals surface area contributed by atoms with Crippen molar-refractivity contribution in [3.05, 3.63) is 64.6 Å². The third-order valence-corrected chi connectivity index (χ3v) is 3.73. The average Bonchev–Trinajstić information content (AvgIpc) is 2.51. The van der Waals surface area contributed by atoms with Gasteiger partial charge in [-0.05, 0) is 33.6 Å². The summed E-state index contributed by atoms with van der Waals surface area (Å²) in [7, 11) is 0. The molecule has 110 valence electrons. The summed E-state index contributed by atoms with van der Waals surface area (Å²) in [6.45, 7) is 0.0633. The van der Waals surface area contributed by atoms with Gasteiger partial charge in [0.25, 0.3) is 0 Å². The second-order valence-corrected chi connectivity index (χ2v) is 5.41. The molecule has 1 unspecified atom stereocenters. The fraction of sp³-hybridized carbons (Fsp3) is 0.188. The van der Waals surface area contributed by atoms with Gasteiger partial charge in [0.2, 0.25) is 5.91 Å². The maximum absolute atomic E-state index is 11.9. The van der Waals surface area contributed by atoms with E-state index in [1.165, 1.54) is 0 Å². The summed E-state index contributed by atoms with van der Waals surface area (Å²) in [6.07, 6.45) is 0. The molecule has 0 aliphatic rings. The highest BCUT2D eigenvalue weighted by atomic mass is 79.9. The first-order valence-electron chi connectivity index (χ1n) is 6.64. The van der Waals surface area contributed by atoms with E-state index in [1.807, 2.05) is 54.6 Å². The molecule has 2 aromatic rings. The highest BCUT2D eigenvalue weighted by molar-refractivity contribution is 9.10. The number of hydrogen-bond acceptors (Lipinski definition) is 3. The third kappa shape index (κ3) is 4.67. The van der Waals surface area contributed by atoms with Crippen LogP contribution in [0.2, 0.25) is 0 Å². The Balaban J connectivity index is 1.90. The minimum absolute atomic E-state index is 0.0632. The number of aliphatic hydroxyl groups excluding tert-OH is 1. The smallest absolute Gasteiger partial charge is 0.238 e. The number of anilines is 1. The molecule has 0 saturated carbocycles. The lowest BCUT2D eigenvalue weighted by atomic mass is 10.1. The number of aliphatic hydroxyl groups is 1. The van der Waals surface area contributed by atoms with E-state index in [4.69, 9.17) is 0 Å². The summed E-state index contributed by atoms with van der Waals surface area (Å²) >= 11 is 3.38. The van der Waals surface area contributed by atoms with E-state index in [1.54, 1.807) is 0 Å². The molecule has 0 fully saturated rings. The van der Waals surface area contributed by atoms with Crippen LogP contribution in [0.3, 0.4) is 0 Å². The molecule has 1 atom stereocenters. The third-order valence-electron chi connectivity index (χ3n) is 3.04. The van der Waals surface area contributed by atoms with Gasteiger partial charge in [-0.15, -0.1) is 0 Å². The van der Waals surface area contributed by atoms with Gasteiger partial charge in [0.05, 0.1) is 24.9 Å². The molecule has 0 radical (unpaired) electrons. The van der Waals surface area contributed by atoms with E-state index in [0.29, 0.717) is 0 Å². The molecule has 5 heteroatoms. The normalized spacial score (nSPS) is 11.9. The van der Waals surface area contributed by atoms with Crippen molar-refractivity contribution >= 4 is 27.5 Å². The topological polar surface area (TPSA) is 61.4 Å². The van der Waals surface area contributed by atoms with Crippen LogP contribution in [0, 0.1) is 0 Å². The number of benzene rings is 2. The summed E-state index contributed by atoms with van der Waals surface area (Å²) in [4.78, 5) is 11.9. The van der Waals surface area contributed by atoms with E-state index >= 15 is 0 Å². The highest BCUT2D eigenvalue weighted by Crippen LogP contribution is 2.21. The van der Waals surface area contributed by atoms with Crippen molar-refractivity contribution in [2.45, 2.75) is 6.04 Å². The van der Waals surface area contributed by atoms with Crippen LogP contribution >= 0.6 is 15.9 Å². The molecular weight excluding hydrogens is 332 g/mol. The zero-order valence-electron chi connectivity index (χ0n) is 11.4. The predicted octanol–water partition coefficient (Wildman–Crippen LogP) is 2.71. The Morgan fingerprint density at radius 2 is 1.76 bits per heavy atom. The number of para-hydroxylation sites is 1. The summed E-state index contributed by atoms with van der Waals surface area (Å²) in [5.41, 5.74) is 1.68. The second-order valence-electron chi connectivity index (χ2n) is 4.55. The van der Waals surface area contributed by atoms with Crippen molar-refractivity contribution in [1.82, 2.24) is 5.32 Å². The first-order valence-corrected chi connectivity index (χ1v) is 7.43. The van der Waals surface area contributed by atoms with E-state index in [-0.39, 0.29) is 25.1 Å². The maximum atomic E-state index is 11.9. The lowest BCUT2D eigenvalue weighted by Crippen LogP contribution is -2.33. The molecule has 2 rings (SSSR count). The van der Waals surface area contributed by atoms with Crippen LogP contribution in [0.25, 0.3) is 0 Å². The first kappa shape index (κ1) is 15.7. The SMILES string of the molecule is O=C(CNC(CO)c1ccccc1)Nc1ccccc1Br. The number of amides is 1. The molecule has 2 aromatic carbocycles. The van der Waals surface area contributed by atoms with E-state index in [2.05, 4.69) is 26.6 Å². The minimum atomic E-state index is -0.254. The van der Waals surface area contributed by atoms with Crippen molar-refractivity contribution in [2.75, 3.05) is 18.5 Å². The molecule has 21 heavy (non-hydrogen) atoms. The van der Waals surface area contributed by atoms with Crippen molar-refractivity contribution in [2.24, 2.45) is 0 Å². The molecule has 0 bridgehead atoms. The molecule has 1 amide bonds. The van der Waals surface area contributed by atoms with Gasteiger partial charge >= 0.3 is 0 Å². The van der Waals surface area contributed by atoms with Gasteiger partial charge in [0, 0.05) is 4.47 Å². The maximum Gasteiger partial charge on any atom is 0.238 e. The molecule has 0 aliphatic heterocycles. The Kier molecular flexibility index (Phi) is 5.92. The number of carbonyl (C=O) groups is 1. The van der Waals surface area contributed by atoms with E-state index < -0.39 is 0 Å². The molecule has 3 N–H and O–H groups in total. The molecule has 0 aliphatic carbocycles. The number of hydrogen-bond donors (Lipinski definition) is 3. The van der Waals surface area contributed by atoms with E-state index in [0.717, 1.165) is 15.7 Å². The summed E-state index contributed by atoms with van der Waals surface area (Å²) in [5.74, 6) is -0.156. The van der Waals surface area contributed by atoms with Crippen molar-refractivity contribution in [1.29, 1.82) is 0 Å². The van der Waals surface area contributed by atoms with Gasteiger partial charge in [-0.2, -0.15) is 0 Å². The standard InChI is InChI=1S/C16H17BrN2O2/c17-13-8-4-5-9-14(13)19-16(21)10-18-15(11-20)12-6-2-1-3-7-12/h1-9,15,18,20H,10-11H2,(H,19,21). The van der Waals surface area contributed by atoms with Crippen molar-refractivity contribution in [3.8, 4) is 0 Å². The largest absolute Gasteiger partial charge is 0.394 e. The molecule has 0 aromatic heterocycles. The summed E-state index contributed by atoms with van der Waals surface area (Å²) < 4.78 is 0.833. The van der Waals surface area contributed by atoms with Crippen molar-refractivity contribution in [3.63, 3.8) is 0 Å². The van der Waals surface area contributed by atoms with Crippen LogP contribution in [0.5, 0.6) is 0 Å². The fourth-order valence-corrected chi connectivity index (χ4v) is 2.33. The zero-order chi connectivity index (χ0) is 15.1. The number of halogens is 1. The van der Waals surface area contributed by atoms with Gasteiger partial charge in [-0.3, -0.25) is 10.1 Å². The first-order chi connectivity index (χ1) is 10.2. The average molecular weight is 349 g/mol. The van der Waals surface area contributed by atoms with Crippen LogP contribution < -0.4 is 10.6 Å². The lowest BCUT2D eigenvalue weighted by molar-refractivity contribution is -0.115. The number of nitrogens with one attached hydrogen (secondary N) is 2. The van der Waals surface area contributed by atoms with Gasteiger partial charge in [-0.25, -0.2) is 0 Å². The van der Waals surface area contributed by atoms with Crippen LogP contribution in [0.4, 0.5) is 5.69 Å². The van der Waals surface area contributed by atoms with Crippen LogP contribution in [0.15, 0.2) is 59.1 Å². The number of rotatable bonds is 6. The zero-order valence-corrected chi connectivity index (χ0v) is 13.0. The molecular formula is C16H17BrN2O2. The van der Waals surface area contributed by atoms with E-state index in [9.17, 15) is 9.90 Å². The molecule has 0 heterocycles. The Labute approximate surface area is 132 Å². The fourth-order valence-electron chi connectivity index (χ4n) is 1.95. The number of carbonyl (C=O) groups excluding carboxylic acids is 1. The lowest BCUT2D eigenvalue weighted by Gasteiger charge is -2.16. The molecule has 4 nitrogen and oxygen atoms in total. The van der Waals surface area contributed by atoms with Crippen molar-refractivity contribution < 1.29 is 9.90 Å². The minimum Gasteiger partial charge on any atom is -0.394 e. The van der Waals surface area contributed by atoms with Gasteiger partial charge in [-0.1, -0.05) is 42.5 Å². The highest BCUT2D eigenvalue weighted by Gasteiger charge is 2.11. The van der Waals surface area contributed by atoms with Gasteiger partial charge in [0.1, 0.15) is 0 Å². The Morgan fingerprint density at radius 3 is 2.43 bits per heavy atom. The summed E-state index contributed by atoms with van der Waals surface area (Å²) in [6, 6.07) is 16.7. The van der Waals surface area contributed by atoms with Gasteiger partial charge in [0.15, 0.2) is 0 Å². The second kappa shape index (κ2) is 7.93. The van der Waals surface area contributed by atoms with Crippen LogP contribution in [0.1, 0.15) is 11.6 Å². The predicted molar refractivity (Wildman–Crippen MR) is 87.0 cm³/mol. The molecule has 0 spiro atoms. The van der Waals surface area contributed by atoms with Crippen LogP contribution in [-0.2, 0) is 4.79 Å². The summed E-state index contributed by atoms with van der Waals surface area (Å²) in [5, 5.41) is 15.3. The monoisotopic (exact) mass is 348 g/mol. The quantitative estimate of drug-likeness (QED) is 0.752. The van der Waals surface area contributed by atoms with Gasteiger partial charge < -0.3 is 10.4 Å². The molecule has 0 saturated heterocycles. The Bertz CT molecular complexity index is 590. The Morgan fingerprint density at radius 1 is 1.10 bits per heavy atom. The Hall–Kier alpha value is -1.69. The van der Waals surface area contributed by atoms with Crippen LogP contribution in [-0.4, -0.2) is 24.2 Å².